The first-order chi connectivity index (χ1) is 3.66. The van der Waals surface area contributed by atoms with Gasteiger partial charge in [-0.2, -0.15) is 8.42 Å². The zero-order valence-corrected chi connectivity index (χ0v) is 4.80. The lowest BCUT2D eigenvalue weighted by Gasteiger charge is -1.91. The molecule has 1 atom stereocenters. The molecular weight excluding hydrogens is 132 g/mol. The molecule has 0 heterocycles. The summed E-state index contributed by atoms with van der Waals surface area (Å²) in [5.74, 6) is 0. The molecule has 0 spiro atoms. The molecule has 0 radical (unpaired) electrons. The van der Waals surface area contributed by atoms with E-state index in [9.17, 15) is 8.42 Å². The number of rotatable bonds is 2. The van der Waals surface area contributed by atoms with E-state index < -0.39 is 23.0 Å². The smallest absolute Gasteiger partial charge is 0.212 e. The summed E-state index contributed by atoms with van der Waals surface area (Å²) in [5.41, 5.74) is 0. The van der Waals surface area contributed by atoms with Gasteiger partial charge >= 0.3 is 0 Å². The summed E-state index contributed by atoms with van der Waals surface area (Å²) in [4.78, 5) is 0. The second-order valence-electron chi connectivity index (χ2n) is 1.15. The summed E-state index contributed by atoms with van der Waals surface area (Å²) in [6.07, 6.45) is -1.26. The third-order valence-electron chi connectivity index (χ3n) is 0.455. The van der Waals surface area contributed by atoms with Crippen molar-refractivity contribution in [1.29, 1.82) is 0 Å². The van der Waals surface area contributed by atoms with E-state index in [2.05, 4.69) is 0 Å². The van der Waals surface area contributed by atoms with Crippen LogP contribution in [0.4, 0.5) is 0 Å². The van der Waals surface area contributed by atoms with E-state index in [0.29, 0.717) is 5.37 Å². The normalized spacial score (nSPS) is 12.8. The van der Waals surface area contributed by atoms with Crippen molar-refractivity contribution < 1.29 is 18.6 Å². The van der Waals surface area contributed by atoms with Crippen LogP contribution in [0, 0.1) is 0 Å². The molecule has 1 unspecified atom stereocenters. The molecule has 0 bridgehead atoms. The monoisotopic (exact) mass is 138 g/mol. The predicted octanol–water partition coefficient (Wildman–Crippen LogP) is -1.98. The molecule has 8 heavy (non-hydrogen) atoms. The lowest BCUT2D eigenvalue weighted by molar-refractivity contribution is 0.149. The van der Waals surface area contributed by atoms with Crippen LogP contribution in [0.5, 0.6) is 0 Å². The van der Waals surface area contributed by atoms with Gasteiger partial charge < -0.3 is 10.2 Å². The van der Waals surface area contributed by atoms with E-state index >= 15 is 0 Å². The van der Waals surface area contributed by atoms with Crippen LogP contribution in [0.25, 0.3) is 0 Å². The summed E-state index contributed by atoms with van der Waals surface area (Å²) >= 11 is 0. The zero-order chi connectivity index (χ0) is 6.57. The highest BCUT2D eigenvalue weighted by Crippen LogP contribution is 1.68. The Labute approximate surface area is 47.9 Å². The number of aliphatic hydroxyl groups is 2. The maximum Gasteiger partial charge on any atom is 0.212 e. The van der Waals surface area contributed by atoms with Gasteiger partial charge in [0, 0.05) is 0 Å². The first kappa shape index (κ1) is 7.61. The molecule has 0 aliphatic rings. The molecule has 0 saturated carbocycles. The van der Waals surface area contributed by atoms with E-state index in [1.54, 1.807) is 0 Å². The minimum absolute atomic E-state index is 0.562. The van der Waals surface area contributed by atoms with Crippen LogP contribution in [0.15, 0.2) is 0 Å². The molecule has 2 N–H and O–H groups in total. The van der Waals surface area contributed by atoms with E-state index in [0.717, 1.165) is 0 Å². The average molecular weight is 138 g/mol. The Morgan fingerprint density at radius 3 is 2.25 bits per heavy atom. The van der Waals surface area contributed by atoms with Crippen molar-refractivity contribution >= 4 is 15.7 Å². The largest absolute Gasteiger partial charge is 0.393 e. The SMILES string of the molecule is O=S(=O)=CC(O)CO. The fourth-order valence-corrected chi connectivity index (χ4v) is 0.514. The van der Waals surface area contributed by atoms with Gasteiger partial charge in [-0.25, -0.2) is 0 Å². The topological polar surface area (TPSA) is 74.6 Å². The molecule has 0 saturated heterocycles. The second-order valence-corrected chi connectivity index (χ2v) is 1.94. The Hall–Kier alpha value is -0.390. The molecule has 0 fully saturated rings. The summed E-state index contributed by atoms with van der Waals surface area (Å²) < 4.78 is 19.3. The quantitative estimate of drug-likeness (QED) is 0.434. The van der Waals surface area contributed by atoms with Crippen molar-refractivity contribution in [2.45, 2.75) is 6.10 Å². The predicted molar refractivity (Wildman–Crippen MR) is 28.1 cm³/mol. The van der Waals surface area contributed by atoms with Crippen LogP contribution in [-0.2, 0) is 10.3 Å². The lowest BCUT2D eigenvalue weighted by atomic mass is 10.5. The van der Waals surface area contributed by atoms with Crippen LogP contribution >= 0.6 is 0 Å². The molecular formula is C3H6O4S. The maximum absolute atomic E-state index is 9.64. The fraction of sp³-hybridized carbons (Fsp3) is 0.667. The van der Waals surface area contributed by atoms with E-state index in [1.807, 2.05) is 0 Å². The summed E-state index contributed by atoms with van der Waals surface area (Å²) in [6.45, 7) is -0.562. The van der Waals surface area contributed by atoms with Gasteiger partial charge in [-0.1, -0.05) is 0 Å². The molecule has 0 aromatic rings. The number of aliphatic hydroxyl groups excluding tert-OH is 2. The van der Waals surface area contributed by atoms with Gasteiger partial charge in [0.1, 0.15) is 6.10 Å². The van der Waals surface area contributed by atoms with Crippen molar-refractivity contribution in [2.75, 3.05) is 6.61 Å². The van der Waals surface area contributed by atoms with Crippen LogP contribution in [0.1, 0.15) is 0 Å². The van der Waals surface area contributed by atoms with Crippen LogP contribution in [0.2, 0.25) is 0 Å². The fourth-order valence-electron chi connectivity index (χ4n) is 0.171. The molecule has 48 valence electrons. The van der Waals surface area contributed by atoms with Crippen molar-refractivity contribution in [3.8, 4) is 0 Å². The lowest BCUT2D eigenvalue weighted by Crippen LogP contribution is -2.13. The summed E-state index contributed by atoms with van der Waals surface area (Å²) in [5, 5.41) is 17.0. The first-order valence-electron chi connectivity index (χ1n) is 1.89. The summed E-state index contributed by atoms with van der Waals surface area (Å²) in [7, 11) is -2.38. The van der Waals surface area contributed by atoms with Crippen molar-refractivity contribution in [2.24, 2.45) is 0 Å². The van der Waals surface area contributed by atoms with Gasteiger partial charge in [0.2, 0.25) is 10.3 Å². The van der Waals surface area contributed by atoms with Crippen LogP contribution in [-0.4, -0.2) is 36.7 Å². The highest BCUT2D eigenvalue weighted by Gasteiger charge is 1.93. The first-order valence-corrected chi connectivity index (χ1v) is 3.02. The molecule has 0 aliphatic heterocycles. The minimum Gasteiger partial charge on any atom is -0.393 e. The van der Waals surface area contributed by atoms with Gasteiger partial charge in [0.15, 0.2) is 0 Å². The van der Waals surface area contributed by atoms with Crippen molar-refractivity contribution in [1.82, 2.24) is 0 Å². The van der Waals surface area contributed by atoms with Gasteiger partial charge in [-0.3, -0.25) is 0 Å². The Balaban J connectivity index is 3.89. The van der Waals surface area contributed by atoms with Crippen molar-refractivity contribution in [3.63, 3.8) is 0 Å². The molecule has 0 aliphatic carbocycles. The van der Waals surface area contributed by atoms with E-state index in [-0.39, 0.29) is 0 Å². The molecule has 4 nitrogen and oxygen atoms in total. The third-order valence-corrected chi connectivity index (χ3v) is 0.992. The second kappa shape index (κ2) is 3.59. The zero-order valence-electron chi connectivity index (χ0n) is 3.98. The number of hydrogen-bond acceptors (Lipinski definition) is 4. The minimum atomic E-state index is -2.38. The highest BCUT2D eigenvalue weighted by atomic mass is 32.2. The molecule has 0 rings (SSSR count). The summed E-state index contributed by atoms with van der Waals surface area (Å²) in [6, 6.07) is 0. The van der Waals surface area contributed by atoms with Gasteiger partial charge in [0.05, 0.1) is 12.0 Å². The highest BCUT2D eigenvalue weighted by molar-refractivity contribution is 7.71. The van der Waals surface area contributed by atoms with E-state index in [1.165, 1.54) is 0 Å². The van der Waals surface area contributed by atoms with Crippen LogP contribution in [0.3, 0.4) is 0 Å². The molecule has 0 aromatic carbocycles. The Morgan fingerprint density at radius 1 is 1.62 bits per heavy atom. The third kappa shape index (κ3) is 3.79. The number of hydrogen-bond donors (Lipinski definition) is 2. The van der Waals surface area contributed by atoms with Gasteiger partial charge in [-0.05, 0) is 0 Å². The standard InChI is InChI=1S/C3H6O4S/c4-1-3(5)2-8(6)7/h2-5H,1H2. The van der Waals surface area contributed by atoms with Gasteiger partial charge in [-0.15, -0.1) is 0 Å². The average Bonchev–Trinajstić information content (AvgIpc) is 1.65. The Kier molecular flexibility index (Phi) is 3.42. The molecule has 5 heteroatoms. The molecule has 0 aromatic heterocycles. The van der Waals surface area contributed by atoms with Crippen molar-refractivity contribution in [3.05, 3.63) is 0 Å². The Bertz CT molecular complexity index is 160. The van der Waals surface area contributed by atoms with Gasteiger partial charge in [0.25, 0.3) is 0 Å². The maximum atomic E-state index is 9.64. The Morgan fingerprint density at radius 2 is 2.12 bits per heavy atom. The molecule has 0 amide bonds. The van der Waals surface area contributed by atoms with E-state index in [4.69, 9.17) is 10.2 Å². The van der Waals surface area contributed by atoms with Crippen LogP contribution < -0.4 is 0 Å².